The van der Waals surface area contributed by atoms with Crippen molar-refractivity contribution >= 4 is 34.7 Å². The number of nitrogens with zero attached hydrogens (tertiary/aromatic N) is 2. The van der Waals surface area contributed by atoms with Crippen LogP contribution in [0.25, 0.3) is 6.08 Å². The highest BCUT2D eigenvalue weighted by Crippen LogP contribution is 2.33. The highest BCUT2D eigenvalue weighted by atomic mass is 32.2. The van der Waals surface area contributed by atoms with E-state index in [1.165, 1.54) is 23.4 Å². The van der Waals surface area contributed by atoms with E-state index in [9.17, 15) is 9.59 Å². The number of rotatable bonds is 3. The number of carbonyl (C=O) groups is 2. The Kier molecular flexibility index (Phi) is 4.25. The van der Waals surface area contributed by atoms with Crippen molar-refractivity contribution < 1.29 is 9.59 Å². The van der Waals surface area contributed by atoms with Gasteiger partial charge in [0.1, 0.15) is 0 Å². The van der Waals surface area contributed by atoms with Crippen molar-refractivity contribution in [3.63, 3.8) is 0 Å². The van der Waals surface area contributed by atoms with Crippen molar-refractivity contribution in [1.82, 2.24) is 4.90 Å². The van der Waals surface area contributed by atoms with Gasteiger partial charge in [0.05, 0.1) is 4.91 Å². The third-order valence-corrected chi connectivity index (χ3v) is 5.11. The molecule has 0 spiro atoms. The minimum Gasteiger partial charge on any atom is -0.372 e. The first-order valence-corrected chi connectivity index (χ1v) is 8.52. The maximum Gasteiger partial charge on any atom is 0.293 e. The van der Waals surface area contributed by atoms with Crippen molar-refractivity contribution in [2.24, 2.45) is 0 Å². The maximum atomic E-state index is 12.1. The topological polar surface area (TPSA) is 40.6 Å². The Morgan fingerprint density at radius 1 is 1.23 bits per heavy atom. The Morgan fingerprint density at radius 3 is 2.55 bits per heavy atom. The summed E-state index contributed by atoms with van der Waals surface area (Å²) in [6.45, 7) is 6.53. The van der Waals surface area contributed by atoms with Crippen LogP contribution in [-0.2, 0) is 4.79 Å². The quantitative estimate of drug-likeness (QED) is 0.798. The van der Waals surface area contributed by atoms with E-state index < -0.39 is 0 Å². The lowest BCUT2D eigenvalue weighted by atomic mass is 10.1. The number of benzene rings is 1. The van der Waals surface area contributed by atoms with Crippen molar-refractivity contribution in [3.05, 3.63) is 34.2 Å². The van der Waals surface area contributed by atoms with E-state index in [1.807, 2.05) is 19.1 Å². The molecule has 4 nitrogen and oxygen atoms in total. The van der Waals surface area contributed by atoms with Gasteiger partial charge in [0.15, 0.2) is 0 Å². The van der Waals surface area contributed by atoms with Gasteiger partial charge in [0, 0.05) is 25.3 Å². The zero-order valence-electron chi connectivity index (χ0n) is 13.0. The molecule has 0 atom stereocenters. The van der Waals surface area contributed by atoms with Gasteiger partial charge >= 0.3 is 0 Å². The number of amides is 2. The standard InChI is InChI=1S/C17H20N2O2S/c1-3-19-16(20)15(22-17(19)21)11-13-6-7-14(10-12(13)2)18-8-4-5-9-18/h6-7,10-11H,3-5,8-9H2,1-2H3. The van der Waals surface area contributed by atoms with Gasteiger partial charge in [-0.05, 0) is 67.8 Å². The molecule has 5 heteroatoms. The Labute approximate surface area is 135 Å². The lowest BCUT2D eigenvalue weighted by Gasteiger charge is -2.18. The lowest BCUT2D eigenvalue weighted by Crippen LogP contribution is -2.27. The predicted octanol–water partition coefficient (Wildman–Crippen LogP) is 3.65. The van der Waals surface area contributed by atoms with Crippen molar-refractivity contribution in [1.29, 1.82) is 0 Å². The van der Waals surface area contributed by atoms with Crippen molar-refractivity contribution in [3.8, 4) is 0 Å². The molecule has 2 aliphatic heterocycles. The molecule has 0 saturated carbocycles. The monoisotopic (exact) mass is 316 g/mol. The number of anilines is 1. The maximum absolute atomic E-state index is 12.1. The Balaban J connectivity index is 1.85. The molecule has 1 aromatic rings. The largest absolute Gasteiger partial charge is 0.372 e. The molecular formula is C17H20N2O2S. The second-order valence-electron chi connectivity index (χ2n) is 5.66. The molecule has 3 rings (SSSR count). The number of hydrogen-bond donors (Lipinski definition) is 0. The molecule has 22 heavy (non-hydrogen) atoms. The molecule has 0 aromatic heterocycles. The summed E-state index contributed by atoms with van der Waals surface area (Å²) < 4.78 is 0. The fourth-order valence-corrected chi connectivity index (χ4v) is 3.80. The number of thioether (sulfide) groups is 1. The third-order valence-electron chi connectivity index (χ3n) is 4.20. The smallest absolute Gasteiger partial charge is 0.293 e. The second-order valence-corrected chi connectivity index (χ2v) is 6.65. The van der Waals surface area contributed by atoms with Crippen molar-refractivity contribution in [2.75, 3.05) is 24.5 Å². The summed E-state index contributed by atoms with van der Waals surface area (Å²) in [5, 5.41) is -0.176. The molecule has 0 radical (unpaired) electrons. The zero-order chi connectivity index (χ0) is 15.7. The summed E-state index contributed by atoms with van der Waals surface area (Å²) in [7, 11) is 0. The SMILES string of the molecule is CCN1C(=O)SC(=Cc2ccc(N3CCCC3)cc2C)C1=O. The summed E-state index contributed by atoms with van der Waals surface area (Å²) in [5.74, 6) is -0.180. The Bertz CT molecular complexity index is 648. The number of imide groups is 1. The van der Waals surface area contributed by atoms with E-state index >= 15 is 0 Å². The molecule has 2 saturated heterocycles. The normalized spacial score (nSPS) is 20.5. The van der Waals surface area contributed by atoms with Gasteiger partial charge < -0.3 is 4.90 Å². The van der Waals surface area contributed by atoms with Crippen molar-refractivity contribution in [2.45, 2.75) is 26.7 Å². The fraction of sp³-hybridized carbons (Fsp3) is 0.412. The first-order valence-electron chi connectivity index (χ1n) is 7.71. The van der Waals surface area contributed by atoms with E-state index in [0.717, 1.165) is 36.0 Å². The van der Waals surface area contributed by atoms with Crippen LogP contribution in [0.3, 0.4) is 0 Å². The summed E-state index contributed by atoms with van der Waals surface area (Å²) in [5.41, 5.74) is 3.38. The predicted molar refractivity (Wildman–Crippen MR) is 91.0 cm³/mol. The van der Waals surface area contributed by atoms with Gasteiger partial charge in [-0.1, -0.05) is 6.07 Å². The highest BCUT2D eigenvalue weighted by Gasteiger charge is 2.33. The molecule has 2 fully saturated rings. The second kappa shape index (κ2) is 6.16. The Hall–Kier alpha value is -1.75. The molecule has 2 heterocycles. The van der Waals surface area contributed by atoms with Gasteiger partial charge in [-0.15, -0.1) is 0 Å². The van der Waals surface area contributed by atoms with E-state index in [4.69, 9.17) is 0 Å². The van der Waals surface area contributed by atoms with Crippen LogP contribution in [-0.4, -0.2) is 35.7 Å². The average Bonchev–Trinajstić information content (AvgIpc) is 3.11. The number of likely N-dealkylation sites (N-methyl/N-ethyl adjacent to an activating group) is 1. The molecule has 2 aliphatic rings. The Morgan fingerprint density at radius 2 is 1.95 bits per heavy atom. The fourth-order valence-electron chi connectivity index (χ4n) is 2.91. The summed E-state index contributed by atoms with van der Waals surface area (Å²) in [4.78, 5) is 28.1. The van der Waals surface area contributed by atoms with Gasteiger partial charge in [0.25, 0.3) is 11.1 Å². The summed E-state index contributed by atoms with van der Waals surface area (Å²) >= 11 is 1.03. The first-order chi connectivity index (χ1) is 10.6. The van der Waals surface area contributed by atoms with E-state index in [2.05, 4.69) is 24.0 Å². The van der Waals surface area contributed by atoms with Crippen LogP contribution in [0.5, 0.6) is 0 Å². The molecule has 116 valence electrons. The van der Waals surface area contributed by atoms with Gasteiger partial charge in [-0.25, -0.2) is 0 Å². The van der Waals surface area contributed by atoms with Crippen LogP contribution in [0, 0.1) is 6.92 Å². The summed E-state index contributed by atoms with van der Waals surface area (Å²) in [6, 6.07) is 6.32. The van der Waals surface area contributed by atoms with Crippen LogP contribution >= 0.6 is 11.8 Å². The molecule has 0 unspecified atom stereocenters. The number of hydrogen-bond acceptors (Lipinski definition) is 4. The highest BCUT2D eigenvalue weighted by molar-refractivity contribution is 8.18. The molecule has 0 aliphatic carbocycles. The van der Waals surface area contributed by atoms with Gasteiger partial charge in [-0.3, -0.25) is 14.5 Å². The number of carbonyl (C=O) groups excluding carboxylic acids is 2. The average molecular weight is 316 g/mol. The first kappa shape index (κ1) is 15.2. The van der Waals surface area contributed by atoms with Gasteiger partial charge in [-0.2, -0.15) is 0 Å². The van der Waals surface area contributed by atoms with E-state index in [1.54, 1.807) is 0 Å². The summed E-state index contributed by atoms with van der Waals surface area (Å²) in [6.07, 6.45) is 4.35. The zero-order valence-corrected chi connectivity index (χ0v) is 13.8. The van der Waals surface area contributed by atoms with Crippen LogP contribution in [0.1, 0.15) is 30.9 Å². The molecule has 0 N–H and O–H groups in total. The van der Waals surface area contributed by atoms with Gasteiger partial charge in [0.2, 0.25) is 0 Å². The van der Waals surface area contributed by atoms with Crippen LogP contribution in [0.15, 0.2) is 23.1 Å². The van der Waals surface area contributed by atoms with E-state index in [0.29, 0.717) is 11.4 Å². The van der Waals surface area contributed by atoms with Crippen LogP contribution in [0.2, 0.25) is 0 Å². The molecule has 1 aromatic carbocycles. The minimum absolute atomic E-state index is 0.176. The molecule has 2 amide bonds. The van der Waals surface area contributed by atoms with Crippen LogP contribution in [0.4, 0.5) is 10.5 Å². The van der Waals surface area contributed by atoms with Crippen LogP contribution < -0.4 is 4.90 Å². The lowest BCUT2D eigenvalue weighted by molar-refractivity contribution is -0.122. The number of aryl methyl sites for hydroxylation is 1. The molecular weight excluding hydrogens is 296 g/mol. The van der Waals surface area contributed by atoms with E-state index in [-0.39, 0.29) is 11.1 Å². The molecule has 0 bridgehead atoms. The minimum atomic E-state index is -0.180. The third kappa shape index (κ3) is 2.77.